The minimum absolute atomic E-state index is 0.215. The molecule has 1 aliphatic heterocycles. The third-order valence-electron chi connectivity index (χ3n) is 5.78. The fourth-order valence-electron chi connectivity index (χ4n) is 4.71. The van der Waals surface area contributed by atoms with Crippen LogP contribution in [0.25, 0.3) is 11.1 Å². The van der Waals surface area contributed by atoms with Crippen LogP contribution in [-0.4, -0.2) is 24.0 Å². The Morgan fingerprint density at radius 1 is 1.29 bits per heavy atom. The van der Waals surface area contributed by atoms with Gasteiger partial charge in [0.1, 0.15) is 11.6 Å². The first-order valence-corrected chi connectivity index (χ1v) is 10.4. The largest absolute Gasteiger partial charge is 0.426 e. The van der Waals surface area contributed by atoms with Gasteiger partial charge in [-0.3, -0.25) is 9.69 Å². The second kappa shape index (κ2) is 7.67. The fraction of sp³-hybridized carbons (Fsp3) is 0.458. The van der Waals surface area contributed by atoms with Crippen LogP contribution in [-0.2, 0) is 17.6 Å². The highest BCUT2D eigenvalue weighted by Crippen LogP contribution is 2.48. The second-order valence-electron chi connectivity index (χ2n) is 8.39. The zero-order valence-corrected chi connectivity index (χ0v) is 16.9. The molecular formula is C24H28FNO2. The van der Waals surface area contributed by atoms with E-state index < -0.39 is 0 Å². The molecule has 1 atom stereocenters. The number of carbonyl (C=O) groups is 1. The lowest BCUT2D eigenvalue weighted by atomic mass is 9.76. The molecule has 0 amide bonds. The third kappa shape index (κ3) is 3.46. The second-order valence-corrected chi connectivity index (χ2v) is 8.39. The zero-order valence-electron chi connectivity index (χ0n) is 16.9. The van der Waals surface area contributed by atoms with E-state index in [4.69, 9.17) is 4.74 Å². The van der Waals surface area contributed by atoms with Crippen LogP contribution >= 0.6 is 0 Å². The number of rotatable bonds is 5. The summed E-state index contributed by atoms with van der Waals surface area (Å²) in [6, 6.07) is 9.44. The number of nitrogens with zero attached hydrogens (tertiary/aromatic N) is 1. The molecule has 1 aliphatic carbocycles. The summed E-state index contributed by atoms with van der Waals surface area (Å²) in [5, 5.41) is 0. The summed E-state index contributed by atoms with van der Waals surface area (Å²) >= 11 is 0. The average Bonchev–Trinajstić information content (AvgIpc) is 2.63. The molecule has 1 heterocycles. The van der Waals surface area contributed by atoms with Crippen LogP contribution in [0.3, 0.4) is 0 Å². The maximum Gasteiger partial charge on any atom is 0.311 e. The third-order valence-corrected chi connectivity index (χ3v) is 5.78. The van der Waals surface area contributed by atoms with Crippen molar-refractivity contribution < 1.29 is 13.9 Å². The van der Waals surface area contributed by atoms with Crippen molar-refractivity contribution in [3.63, 3.8) is 0 Å². The Balaban J connectivity index is 1.82. The summed E-state index contributed by atoms with van der Waals surface area (Å²) in [4.78, 5) is 14.8. The standard InChI is InChI=1S/C24H28FNO2/c1-4-9-26-10-8-17-12-18(25)14-19-23(17)20(26)13-16-6-5-7-21(24(16)19)28-22(27)11-15(2)3/h5-7,12,14-15,20H,4,8-11,13H2,1-3H3/t20-/m1/s1. The molecular weight excluding hydrogens is 353 g/mol. The van der Waals surface area contributed by atoms with Gasteiger partial charge in [-0.25, -0.2) is 4.39 Å². The van der Waals surface area contributed by atoms with E-state index in [1.165, 1.54) is 5.56 Å². The normalized spacial score (nSPS) is 18.0. The quantitative estimate of drug-likeness (QED) is 0.519. The first-order valence-electron chi connectivity index (χ1n) is 10.4. The van der Waals surface area contributed by atoms with E-state index in [0.717, 1.165) is 54.6 Å². The first kappa shape index (κ1) is 19.1. The summed E-state index contributed by atoms with van der Waals surface area (Å²) in [5.41, 5.74) is 5.24. The van der Waals surface area contributed by atoms with Gasteiger partial charge < -0.3 is 4.74 Å². The van der Waals surface area contributed by atoms with Crippen LogP contribution in [0.4, 0.5) is 4.39 Å². The number of carbonyl (C=O) groups excluding carboxylic acids is 1. The van der Waals surface area contributed by atoms with Crippen molar-refractivity contribution >= 4 is 5.97 Å². The monoisotopic (exact) mass is 381 g/mol. The molecule has 28 heavy (non-hydrogen) atoms. The molecule has 2 aromatic rings. The Morgan fingerprint density at radius 2 is 2.11 bits per heavy atom. The van der Waals surface area contributed by atoms with Gasteiger partial charge in [-0.2, -0.15) is 0 Å². The van der Waals surface area contributed by atoms with Crippen LogP contribution in [0.2, 0.25) is 0 Å². The predicted octanol–water partition coefficient (Wildman–Crippen LogP) is 5.31. The summed E-state index contributed by atoms with van der Waals surface area (Å²) in [6.45, 7) is 8.20. The minimum atomic E-state index is -0.233. The summed E-state index contributed by atoms with van der Waals surface area (Å²) in [7, 11) is 0. The lowest BCUT2D eigenvalue weighted by molar-refractivity contribution is -0.135. The Bertz CT molecular complexity index is 906. The number of benzene rings is 2. The van der Waals surface area contributed by atoms with E-state index >= 15 is 0 Å². The van der Waals surface area contributed by atoms with Gasteiger partial charge in [-0.1, -0.05) is 32.9 Å². The average molecular weight is 381 g/mol. The summed E-state index contributed by atoms with van der Waals surface area (Å²) in [6.07, 6.45) is 3.21. The number of hydrogen-bond acceptors (Lipinski definition) is 3. The molecule has 0 saturated heterocycles. The molecule has 0 saturated carbocycles. The van der Waals surface area contributed by atoms with Gasteiger partial charge in [-0.05, 0) is 72.2 Å². The van der Waals surface area contributed by atoms with Crippen LogP contribution in [0.15, 0.2) is 30.3 Å². The molecule has 2 aromatic carbocycles. The van der Waals surface area contributed by atoms with Gasteiger partial charge in [0.15, 0.2) is 0 Å². The van der Waals surface area contributed by atoms with Gasteiger partial charge in [-0.15, -0.1) is 0 Å². The lowest BCUT2D eigenvalue weighted by Crippen LogP contribution is -2.39. The molecule has 0 bridgehead atoms. The molecule has 0 radical (unpaired) electrons. The SMILES string of the molecule is CCCN1CCc2cc(F)cc3c2[C@H]1Cc1cccc(OC(=O)CC(C)C)c1-3. The van der Waals surface area contributed by atoms with Gasteiger partial charge in [0.05, 0.1) is 0 Å². The minimum Gasteiger partial charge on any atom is -0.426 e. The highest BCUT2D eigenvalue weighted by Gasteiger charge is 2.35. The highest BCUT2D eigenvalue weighted by molar-refractivity contribution is 5.83. The van der Waals surface area contributed by atoms with Crippen molar-refractivity contribution in [2.45, 2.75) is 52.5 Å². The van der Waals surface area contributed by atoms with Crippen LogP contribution in [0, 0.1) is 11.7 Å². The first-order chi connectivity index (χ1) is 13.5. The number of ether oxygens (including phenoxy) is 1. The van der Waals surface area contributed by atoms with Gasteiger partial charge in [0, 0.05) is 24.6 Å². The van der Waals surface area contributed by atoms with E-state index in [0.29, 0.717) is 12.2 Å². The Kier molecular flexibility index (Phi) is 5.24. The van der Waals surface area contributed by atoms with Crippen LogP contribution in [0.5, 0.6) is 5.75 Å². The van der Waals surface area contributed by atoms with E-state index in [9.17, 15) is 9.18 Å². The number of fused-ring (bicyclic) bond motifs is 2. The Morgan fingerprint density at radius 3 is 2.86 bits per heavy atom. The zero-order chi connectivity index (χ0) is 19.8. The number of halogens is 1. The van der Waals surface area contributed by atoms with E-state index in [1.54, 1.807) is 12.1 Å². The summed E-state index contributed by atoms with van der Waals surface area (Å²) in [5.74, 6) is 0.346. The molecule has 0 spiro atoms. The smallest absolute Gasteiger partial charge is 0.311 e. The van der Waals surface area contributed by atoms with Crippen molar-refractivity contribution in [2.75, 3.05) is 13.1 Å². The van der Waals surface area contributed by atoms with Crippen molar-refractivity contribution in [3.8, 4) is 16.9 Å². The number of esters is 1. The molecule has 3 nitrogen and oxygen atoms in total. The topological polar surface area (TPSA) is 29.5 Å². The van der Waals surface area contributed by atoms with Gasteiger partial charge in [0.2, 0.25) is 0 Å². The van der Waals surface area contributed by atoms with E-state index in [1.807, 2.05) is 26.0 Å². The molecule has 0 unspecified atom stereocenters. The van der Waals surface area contributed by atoms with Gasteiger partial charge >= 0.3 is 5.97 Å². The van der Waals surface area contributed by atoms with Crippen molar-refractivity contribution in [1.82, 2.24) is 4.90 Å². The number of hydrogen-bond donors (Lipinski definition) is 0. The van der Waals surface area contributed by atoms with Crippen LogP contribution in [0.1, 0.15) is 56.3 Å². The van der Waals surface area contributed by atoms with E-state index in [2.05, 4.69) is 17.9 Å². The molecule has 2 aliphatic rings. The fourth-order valence-corrected chi connectivity index (χ4v) is 4.71. The highest BCUT2D eigenvalue weighted by atomic mass is 19.1. The predicted molar refractivity (Wildman–Crippen MR) is 109 cm³/mol. The van der Waals surface area contributed by atoms with Gasteiger partial charge in [0.25, 0.3) is 0 Å². The van der Waals surface area contributed by atoms with Crippen molar-refractivity contribution in [3.05, 3.63) is 52.8 Å². The molecule has 0 N–H and O–H groups in total. The van der Waals surface area contributed by atoms with Crippen molar-refractivity contribution in [2.24, 2.45) is 5.92 Å². The maximum atomic E-state index is 14.5. The molecule has 4 heteroatoms. The van der Waals surface area contributed by atoms with Crippen molar-refractivity contribution in [1.29, 1.82) is 0 Å². The lowest BCUT2D eigenvalue weighted by Gasteiger charge is -2.42. The van der Waals surface area contributed by atoms with E-state index in [-0.39, 0.29) is 23.7 Å². The summed E-state index contributed by atoms with van der Waals surface area (Å²) < 4.78 is 20.2. The molecule has 4 rings (SSSR count). The Labute approximate surface area is 166 Å². The van der Waals surface area contributed by atoms with Crippen LogP contribution < -0.4 is 4.74 Å². The molecule has 0 aromatic heterocycles. The molecule has 148 valence electrons. The maximum absolute atomic E-state index is 14.5. The molecule has 0 fully saturated rings. The Hall–Kier alpha value is -2.20.